The summed E-state index contributed by atoms with van der Waals surface area (Å²) in [4.78, 5) is 23.9. The molecule has 0 radical (unpaired) electrons. The molecule has 0 bridgehead atoms. The van der Waals surface area contributed by atoms with Crippen LogP contribution in [0.2, 0.25) is 0 Å². The minimum Gasteiger partial charge on any atom is -0.323 e. The van der Waals surface area contributed by atoms with Gasteiger partial charge in [-0.05, 0) is 0 Å². The molecule has 4 nitrogen and oxygen atoms in total. The molecule has 0 aromatic carbocycles. The summed E-state index contributed by atoms with van der Waals surface area (Å²) in [5.74, 6) is 0.302. The van der Waals surface area contributed by atoms with Crippen molar-refractivity contribution in [3.05, 3.63) is 0 Å². The molecule has 1 rings (SSSR count). The summed E-state index contributed by atoms with van der Waals surface area (Å²) in [5.41, 5.74) is 0. The van der Waals surface area contributed by atoms with Gasteiger partial charge >= 0.3 is 6.03 Å². The van der Waals surface area contributed by atoms with Crippen LogP contribution in [0.5, 0.6) is 0 Å². The first kappa shape index (κ1) is 11.7. The fourth-order valence-electron chi connectivity index (χ4n) is 1.23. The lowest BCUT2D eigenvalue weighted by Crippen LogP contribution is -2.48. The van der Waals surface area contributed by atoms with Crippen LogP contribution in [0, 0.1) is 0 Å². The number of imide groups is 1. The lowest BCUT2D eigenvalue weighted by atomic mass is 10.4. The second kappa shape index (κ2) is 5.46. The second-order valence-corrected chi connectivity index (χ2v) is 4.93. The maximum atomic E-state index is 11.4. The number of hydrogen-bond donors (Lipinski definition) is 1. The van der Waals surface area contributed by atoms with Crippen LogP contribution in [0.25, 0.3) is 0 Å². The van der Waals surface area contributed by atoms with Gasteiger partial charge in [0.2, 0.25) is 5.91 Å². The molecule has 0 spiro atoms. The fraction of sp³-hybridized carbons (Fsp3) is 0.750. The number of carbonyl (C=O) groups is 2. The Morgan fingerprint density at radius 3 is 2.93 bits per heavy atom. The summed E-state index contributed by atoms with van der Waals surface area (Å²) in [5, 5.41) is 2.66. The van der Waals surface area contributed by atoms with E-state index in [-0.39, 0.29) is 11.9 Å². The molecule has 1 aliphatic heterocycles. The molecule has 1 saturated heterocycles. The van der Waals surface area contributed by atoms with E-state index in [1.54, 1.807) is 4.90 Å². The molecule has 3 amide bonds. The molecule has 1 heterocycles. The van der Waals surface area contributed by atoms with Gasteiger partial charge in [0.15, 0.2) is 0 Å². The topological polar surface area (TPSA) is 49.4 Å². The minimum absolute atomic E-state index is 0.177. The van der Waals surface area contributed by atoms with E-state index in [0.717, 1.165) is 5.75 Å². The van der Waals surface area contributed by atoms with Gasteiger partial charge in [-0.3, -0.25) is 10.1 Å². The lowest BCUT2D eigenvalue weighted by Gasteiger charge is -2.30. The largest absolute Gasteiger partial charge is 0.324 e. The van der Waals surface area contributed by atoms with Crippen molar-refractivity contribution >= 4 is 35.3 Å². The number of thioether (sulfide) groups is 1. The number of alkyl halides is 1. The third-order valence-electron chi connectivity index (χ3n) is 1.90. The zero-order valence-corrected chi connectivity index (χ0v) is 9.53. The number of halogens is 1. The van der Waals surface area contributed by atoms with Crippen LogP contribution in [0.4, 0.5) is 4.79 Å². The van der Waals surface area contributed by atoms with Gasteiger partial charge in [0.05, 0.1) is 0 Å². The maximum absolute atomic E-state index is 11.4. The highest BCUT2D eigenvalue weighted by molar-refractivity contribution is 7.99. The molecule has 1 atom stereocenters. The van der Waals surface area contributed by atoms with Gasteiger partial charge < -0.3 is 4.90 Å². The Morgan fingerprint density at radius 2 is 2.36 bits per heavy atom. The Kier molecular flexibility index (Phi) is 4.54. The number of urea groups is 1. The quantitative estimate of drug-likeness (QED) is 0.689. The van der Waals surface area contributed by atoms with E-state index in [1.165, 1.54) is 0 Å². The number of rotatable bonds is 1. The van der Waals surface area contributed by atoms with Crippen LogP contribution in [0.15, 0.2) is 0 Å². The van der Waals surface area contributed by atoms with Crippen LogP contribution in [0.3, 0.4) is 0 Å². The summed E-state index contributed by atoms with van der Waals surface area (Å²) in [7, 11) is 0. The van der Waals surface area contributed by atoms with Gasteiger partial charge in [-0.25, -0.2) is 4.79 Å². The first-order valence-electron chi connectivity index (χ1n) is 4.40. The molecule has 6 heteroatoms. The van der Waals surface area contributed by atoms with Crippen molar-refractivity contribution in [1.82, 2.24) is 10.2 Å². The first-order valence-corrected chi connectivity index (χ1v) is 5.98. The number of hydrogen-bond acceptors (Lipinski definition) is 3. The normalized spacial score (nSPS) is 21.9. The highest BCUT2D eigenvalue weighted by Crippen LogP contribution is 2.17. The van der Waals surface area contributed by atoms with Gasteiger partial charge in [0.25, 0.3) is 0 Å². The van der Waals surface area contributed by atoms with Crippen LogP contribution in [-0.2, 0) is 4.79 Å². The molecule has 80 valence electrons. The van der Waals surface area contributed by atoms with E-state index in [2.05, 4.69) is 12.2 Å². The Labute approximate surface area is 92.3 Å². The van der Waals surface area contributed by atoms with Crippen molar-refractivity contribution in [3.8, 4) is 0 Å². The number of carbonyl (C=O) groups excluding carboxylic acids is 2. The minimum atomic E-state index is -0.442. The Balaban J connectivity index is 2.39. The van der Waals surface area contributed by atoms with Crippen molar-refractivity contribution in [2.24, 2.45) is 0 Å². The number of amides is 3. The average Bonchev–Trinajstić information content (AvgIpc) is 2.17. The Morgan fingerprint density at radius 1 is 1.64 bits per heavy atom. The van der Waals surface area contributed by atoms with Crippen LogP contribution < -0.4 is 5.32 Å². The third-order valence-corrected chi connectivity index (χ3v) is 3.28. The van der Waals surface area contributed by atoms with Crippen molar-refractivity contribution < 1.29 is 9.59 Å². The van der Waals surface area contributed by atoms with Gasteiger partial charge in [-0.15, -0.1) is 11.6 Å². The zero-order chi connectivity index (χ0) is 10.6. The number of nitrogens with zero attached hydrogens (tertiary/aromatic N) is 1. The van der Waals surface area contributed by atoms with E-state index in [0.29, 0.717) is 18.3 Å². The van der Waals surface area contributed by atoms with E-state index in [4.69, 9.17) is 11.6 Å². The van der Waals surface area contributed by atoms with Crippen molar-refractivity contribution in [1.29, 1.82) is 0 Å². The standard InChI is InChI=1S/C8H13ClN2O2S/c1-6-5-11(2-3-14-6)8(13)10-7(12)4-9/h6H,2-5H2,1H3,(H,10,12,13). The highest BCUT2D eigenvalue weighted by Gasteiger charge is 2.22. The molecule has 1 fully saturated rings. The van der Waals surface area contributed by atoms with Gasteiger partial charge in [-0.2, -0.15) is 11.8 Å². The van der Waals surface area contributed by atoms with Crippen LogP contribution in [0.1, 0.15) is 6.92 Å². The van der Waals surface area contributed by atoms with Crippen molar-refractivity contribution in [3.63, 3.8) is 0 Å². The molecule has 1 N–H and O–H groups in total. The summed E-state index contributed by atoms with van der Waals surface area (Å²) < 4.78 is 0. The summed E-state index contributed by atoms with van der Waals surface area (Å²) in [6, 6.07) is -0.331. The van der Waals surface area contributed by atoms with Crippen LogP contribution >= 0.6 is 23.4 Å². The van der Waals surface area contributed by atoms with E-state index >= 15 is 0 Å². The van der Waals surface area contributed by atoms with E-state index < -0.39 is 5.91 Å². The molecule has 1 unspecified atom stereocenters. The van der Waals surface area contributed by atoms with Gasteiger partial charge in [0, 0.05) is 24.1 Å². The summed E-state index contributed by atoms with van der Waals surface area (Å²) in [6.45, 7) is 3.44. The smallest absolute Gasteiger partial charge is 0.323 e. The summed E-state index contributed by atoms with van der Waals surface area (Å²) >= 11 is 7.11. The van der Waals surface area contributed by atoms with E-state index in [1.807, 2.05) is 11.8 Å². The monoisotopic (exact) mass is 236 g/mol. The molecule has 0 aromatic rings. The molecule has 1 aliphatic rings. The van der Waals surface area contributed by atoms with Gasteiger partial charge in [0.1, 0.15) is 5.88 Å². The lowest BCUT2D eigenvalue weighted by molar-refractivity contribution is -0.117. The van der Waals surface area contributed by atoms with Gasteiger partial charge in [-0.1, -0.05) is 6.92 Å². The number of nitrogens with one attached hydrogen (secondary N) is 1. The Bertz CT molecular complexity index is 237. The fourth-order valence-corrected chi connectivity index (χ4v) is 2.31. The molecule has 0 aromatic heterocycles. The third kappa shape index (κ3) is 3.38. The first-order chi connectivity index (χ1) is 6.63. The molecular formula is C8H13ClN2O2S. The highest BCUT2D eigenvalue weighted by atomic mass is 35.5. The second-order valence-electron chi connectivity index (χ2n) is 3.11. The molecular weight excluding hydrogens is 224 g/mol. The molecule has 14 heavy (non-hydrogen) atoms. The average molecular weight is 237 g/mol. The van der Waals surface area contributed by atoms with E-state index in [9.17, 15) is 9.59 Å². The predicted octanol–water partition coefficient (Wildman–Crippen LogP) is 0.899. The zero-order valence-electron chi connectivity index (χ0n) is 7.96. The van der Waals surface area contributed by atoms with Crippen LogP contribution in [-0.4, -0.2) is 46.8 Å². The Hall–Kier alpha value is -0.420. The SMILES string of the molecule is CC1CN(C(=O)NC(=O)CCl)CCS1. The molecule has 0 aliphatic carbocycles. The van der Waals surface area contributed by atoms with Crippen molar-refractivity contribution in [2.45, 2.75) is 12.2 Å². The molecule has 0 saturated carbocycles. The maximum Gasteiger partial charge on any atom is 0.324 e. The predicted molar refractivity (Wildman–Crippen MR) is 57.8 cm³/mol. The summed E-state index contributed by atoms with van der Waals surface area (Å²) in [6.07, 6.45) is 0. The van der Waals surface area contributed by atoms with Crippen molar-refractivity contribution in [2.75, 3.05) is 24.7 Å².